The van der Waals surface area contributed by atoms with Crippen LogP contribution in [0, 0.1) is 0 Å². The fourth-order valence-electron chi connectivity index (χ4n) is 2.09. The number of ether oxygens (including phenoxy) is 2. The van der Waals surface area contributed by atoms with Crippen LogP contribution in [-0.2, 0) is 9.47 Å². The van der Waals surface area contributed by atoms with Crippen LogP contribution in [0.1, 0.15) is 32.6 Å². The lowest BCUT2D eigenvalue weighted by Crippen LogP contribution is -2.55. The summed E-state index contributed by atoms with van der Waals surface area (Å²) in [6.45, 7) is 2.42. The number of hydrogen-bond donors (Lipinski definition) is 3. The zero-order valence-electron chi connectivity index (χ0n) is 11.6. The first-order chi connectivity index (χ1) is 9.20. The van der Waals surface area contributed by atoms with Crippen molar-refractivity contribution in [1.29, 1.82) is 0 Å². The normalized spacial score (nSPS) is 32.0. The van der Waals surface area contributed by atoms with Crippen LogP contribution in [0.2, 0.25) is 0 Å². The summed E-state index contributed by atoms with van der Waals surface area (Å²) in [6, 6.07) is 0. The number of aliphatic hydroxyl groups is 3. The maximum Gasteiger partial charge on any atom is 0.114 e. The highest BCUT2D eigenvalue weighted by Crippen LogP contribution is 2.18. The number of unbranched alkanes of at least 4 members (excludes halogenated alkanes) is 2. The fourth-order valence-corrected chi connectivity index (χ4v) is 2.09. The standard InChI is InChI=1S/C14H26O5/c1-2-3-4-5-6-7-8-18-14-11(16)10-19-12(9-15)13(14)17/h3-4,11-17H,2,5-10H2,1H3/b4-3+/t11-,12+,13+,14+/m1/s1. The first kappa shape index (κ1) is 16.6. The van der Waals surface area contributed by atoms with Gasteiger partial charge in [-0.3, -0.25) is 0 Å². The highest BCUT2D eigenvalue weighted by molar-refractivity contribution is 4.87. The summed E-state index contributed by atoms with van der Waals surface area (Å²) in [6.07, 6.45) is 5.13. The molecule has 5 nitrogen and oxygen atoms in total. The lowest BCUT2D eigenvalue weighted by molar-refractivity contribution is -0.210. The lowest BCUT2D eigenvalue weighted by Gasteiger charge is -2.37. The molecule has 0 unspecified atom stereocenters. The average Bonchev–Trinajstić information content (AvgIpc) is 2.41. The molecule has 0 amide bonds. The first-order valence-corrected chi connectivity index (χ1v) is 7.05. The Bertz CT molecular complexity index is 256. The molecule has 3 N–H and O–H groups in total. The molecule has 0 aromatic rings. The second-order valence-electron chi connectivity index (χ2n) is 4.82. The Kier molecular flexibility index (Phi) is 8.25. The van der Waals surface area contributed by atoms with E-state index >= 15 is 0 Å². The number of hydrogen-bond acceptors (Lipinski definition) is 5. The summed E-state index contributed by atoms with van der Waals surface area (Å²) in [7, 11) is 0. The molecule has 4 atom stereocenters. The largest absolute Gasteiger partial charge is 0.394 e. The predicted molar refractivity (Wildman–Crippen MR) is 71.9 cm³/mol. The van der Waals surface area contributed by atoms with Gasteiger partial charge in [0.2, 0.25) is 0 Å². The van der Waals surface area contributed by atoms with Crippen molar-refractivity contribution in [2.24, 2.45) is 0 Å². The highest BCUT2D eigenvalue weighted by atomic mass is 16.6. The summed E-state index contributed by atoms with van der Waals surface area (Å²) < 4.78 is 10.6. The van der Waals surface area contributed by atoms with E-state index in [0.29, 0.717) is 6.61 Å². The molecule has 5 heteroatoms. The third kappa shape index (κ3) is 5.58. The van der Waals surface area contributed by atoms with Gasteiger partial charge in [-0.2, -0.15) is 0 Å². The maximum atomic E-state index is 9.89. The van der Waals surface area contributed by atoms with Crippen LogP contribution in [0.5, 0.6) is 0 Å². The Morgan fingerprint density at radius 1 is 1.26 bits per heavy atom. The molecule has 1 aliphatic rings. The molecule has 0 aliphatic carbocycles. The van der Waals surface area contributed by atoms with Crippen LogP contribution in [0.25, 0.3) is 0 Å². The van der Waals surface area contributed by atoms with Gasteiger partial charge in [0.05, 0.1) is 13.2 Å². The maximum absolute atomic E-state index is 9.89. The lowest BCUT2D eigenvalue weighted by atomic mass is 10.0. The van der Waals surface area contributed by atoms with Crippen LogP contribution in [0.15, 0.2) is 12.2 Å². The summed E-state index contributed by atoms with van der Waals surface area (Å²) >= 11 is 0. The predicted octanol–water partition coefficient (Wildman–Crippen LogP) is 0.621. The Morgan fingerprint density at radius 2 is 2.05 bits per heavy atom. The number of allylic oxidation sites excluding steroid dienone is 2. The minimum Gasteiger partial charge on any atom is -0.394 e. The molecule has 0 saturated carbocycles. The van der Waals surface area contributed by atoms with Gasteiger partial charge in [0.25, 0.3) is 0 Å². The van der Waals surface area contributed by atoms with E-state index in [9.17, 15) is 10.2 Å². The third-order valence-electron chi connectivity index (χ3n) is 3.24. The zero-order chi connectivity index (χ0) is 14.1. The van der Waals surface area contributed by atoms with E-state index in [1.807, 2.05) is 0 Å². The van der Waals surface area contributed by atoms with Crippen LogP contribution in [-0.4, -0.2) is 59.6 Å². The van der Waals surface area contributed by atoms with Gasteiger partial charge >= 0.3 is 0 Å². The summed E-state index contributed by atoms with van der Waals surface area (Å²) in [5.41, 5.74) is 0. The van der Waals surface area contributed by atoms with Crippen molar-refractivity contribution in [3.8, 4) is 0 Å². The van der Waals surface area contributed by atoms with Gasteiger partial charge in [0, 0.05) is 6.61 Å². The summed E-state index contributed by atoms with van der Waals surface area (Å²) in [4.78, 5) is 0. The van der Waals surface area contributed by atoms with Gasteiger partial charge in [-0.1, -0.05) is 19.1 Å². The highest BCUT2D eigenvalue weighted by Gasteiger charge is 2.38. The Labute approximate surface area is 114 Å². The van der Waals surface area contributed by atoms with Gasteiger partial charge in [0.1, 0.15) is 24.4 Å². The minimum absolute atomic E-state index is 0.0895. The van der Waals surface area contributed by atoms with Gasteiger partial charge in [-0.05, 0) is 25.7 Å². The fraction of sp³-hybridized carbons (Fsp3) is 0.857. The number of rotatable bonds is 8. The van der Waals surface area contributed by atoms with E-state index in [1.54, 1.807) is 0 Å². The quantitative estimate of drug-likeness (QED) is 0.447. The topological polar surface area (TPSA) is 79.2 Å². The molecule has 1 saturated heterocycles. The van der Waals surface area contributed by atoms with Gasteiger partial charge in [-0.15, -0.1) is 0 Å². The molecule has 0 aromatic carbocycles. The molecular weight excluding hydrogens is 248 g/mol. The monoisotopic (exact) mass is 274 g/mol. The molecule has 0 radical (unpaired) electrons. The average molecular weight is 274 g/mol. The van der Waals surface area contributed by atoms with E-state index in [0.717, 1.165) is 25.7 Å². The molecule has 112 valence electrons. The minimum atomic E-state index is -0.978. The number of aliphatic hydroxyl groups excluding tert-OH is 3. The van der Waals surface area contributed by atoms with Crippen LogP contribution >= 0.6 is 0 Å². The van der Waals surface area contributed by atoms with E-state index in [1.165, 1.54) is 0 Å². The first-order valence-electron chi connectivity index (χ1n) is 7.05. The van der Waals surface area contributed by atoms with Crippen molar-refractivity contribution >= 4 is 0 Å². The SMILES string of the molecule is CC/C=C/CCCCO[C@@H]1[C@@H](O)[C@H](CO)OC[C@H]1O. The van der Waals surface area contributed by atoms with Crippen molar-refractivity contribution in [3.05, 3.63) is 12.2 Å². The van der Waals surface area contributed by atoms with Crippen LogP contribution in [0.4, 0.5) is 0 Å². The molecule has 0 bridgehead atoms. The molecular formula is C14H26O5. The summed E-state index contributed by atoms with van der Waals surface area (Å²) in [5, 5.41) is 28.6. The van der Waals surface area contributed by atoms with E-state index in [-0.39, 0.29) is 13.2 Å². The van der Waals surface area contributed by atoms with E-state index < -0.39 is 24.4 Å². The van der Waals surface area contributed by atoms with Crippen molar-refractivity contribution in [2.75, 3.05) is 19.8 Å². The molecule has 1 aliphatic heterocycles. The van der Waals surface area contributed by atoms with Gasteiger partial charge in [-0.25, -0.2) is 0 Å². The van der Waals surface area contributed by atoms with Gasteiger partial charge in [0.15, 0.2) is 0 Å². The van der Waals surface area contributed by atoms with E-state index in [2.05, 4.69) is 19.1 Å². The Hall–Kier alpha value is -0.460. The van der Waals surface area contributed by atoms with Crippen molar-refractivity contribution in [3.63, 3.8) is 0 Å². The van der Waals surface area contributed by atoms with Crippen LogP contribution < -0.4 is 0 Å². The molecule has 1 fully saturated rings. The molecule has 19 heavy (non-hydrogen) atoms. The molecule has 0 spiro atoms. The zero-order valence-corrected chi connectivity index (χ0v) is 11.6. The van der Waals surface area contributed by atoms with Crippen molar-refractivity contribution < 1.29 is 24.8 Å². The molecule has 1 heterocycles. The third-order valence-corrected chi connectivity index (χ3v) is 3.24. The second-order valence-corrected chi connectivity index (χ2v) is 4.82. The molecule has 1 rings (SSSR count). The van der Waals surface area contributed by atoms with Crippen LogP contribution in [0.3, 0.4) is 0 Å². The van der Waals surface area contributed by atoms with E-state index in [4.69, 9.17) is 14.6 Å². The summed E-state index contributed by atoms with van der Waals surface area (Å²) in [5.74, 6) is 0. The van der Waals surface area contributed by atoms with Crippen molar-refractivity contribution in [2.45, 2.75) is 57.0 Å². The Balaban J connectivity index is 2.20. The smallest absolute Gasteiger partial charge is 0.114 e. The van der Waals surface area contributed by atoms with Gasteiger partial charge < -0.3 is 24.8 Å². The van der Waals surface area contributed by atoms with Crippen molar-refractivity contribution in [1.82, 2.24) is 0 Å². The second kappa shape index (κ2) is 9.44. The Morgan fingerprint density at radius 3 is 2.74 bits per heavy atom. The molecule has 0 aromatic heterocycles.